The molecule has 0 saturated carbocycles. The quantitative estimate of drug-likeness (QED) is 0.796. The van der Waals surface area contributed by atoms with Gasteiger partial charge in [-0.3, -0.25) is 0 Å². The number of anilines is 1. The second-order valence-electron chi connectivity index (χ2n) is 4.24. The summed E-state index contributed by atoms with van der Waals surface area (Å²) < 4.78 is 0. The second-order valence-corrected chi connectivity index (χ2v) is 4.68. The first-order chi connectivity index (χ1) is 9.28. The number of nitrogens with zero attached hydrogens (tertiary/aromatic N) is 2. The minimum Gasteiger partial charge on any atom is -0.354 e. The highest BCUT2D eigenvalue weighted by Crippen LogP contribution is 2.13. The molecule has 2 rings (SSSR count). The van der Waals surface area contributed by atoms with Crippen LogP contribution in [0.5, 0.6) is 0 Å². The third-order valence-electron chi connectivity index (χ3n) is 2.68. The van der Waals surface area contributed by atoms with E-state index in [0.29, 0.717) is 12.5 Å². The summed E-state index contributed by atoms with van der Waals surface area (Å²) in [6, 6.07) is 9.71. The second kappa shape index (κ2) is 7.07. The Morgan fingerprint density at radius 3 is 2.68 bits per heavy atom. The fourth-order valence-electron chi connectivity index (χ4n) is 1.69. The summed E-state index contributed by atoms with van der Waals surface area (Å²) in [6.07, 6.45) is 3.44. The van der Waals surface area contributed by atoms with Crippen molar-refractivity contribution in [3.63, 3.8) is 0 Å². The topological polar surface area (TPSA) is 63.8 Å². The zero-order valence-corrected chi connectivity index (χ0v) is 11.4. The predicted molar refractivity (Wildman–Crippen MR) is 78.5 cm³/mol. The van der Waals surface area contributed by atoms with Crippen molar-refractivity contribution in [1.82, 2.24) is 9.97 Å². The number of nitrogens with two attached hydrogens (primary N) is 1. The first-order valence-electron chi connectivity index (χ1n) is 6.28. The molecule has 0 radical (unpaired) electrons. The maximum atomic E-state index is 5.86. The molecule has 2 aromatic rings. The van der Waals surface area contributed by atoms with Crippen molar-refractivity contribution in [2.75, 3.05) is 18.4 Å². The van der Waals surface area contributed by atoms with E-state index in [0.717, 1.165) is 30.1 Å². The van der Waals surface area contributed by atoms with Gasteiger partial charge in [0.1, 0.15) is 0 Å². The van der Waals surface area contributed by atoms with Crippen LogP contribution in [0.3, 0.4) is 0 Å². The van der Waals surface area contributed by atoms with Crippen LogP contribution in [0.25, 0.3) is 0 Å². The van der Waals surface area contributed by atoms with Gasteiger partial charge in [-0.15, -0.1) is 0 Å². The van der Waals surface area contributed by atoms with E-state index in [1.54, 1.807) is 6.20 Å². The van der Waals surface area contributed by atoms with Gasteiger partial charge in [-0.2, -0.15) is 0 Å². The van der Waals surface area contributed by atoms with Gasteiger partial charge in [0, 0.05) is 24.2 Å². The number of aromatic nitrogens is 2. The van der Waals surface area contributed by atoms with Gasteiger partial charge in [0.05, 0.1) is 5.69 Å². The van der Waals surface area contributed by atoms with E-state index in [-0.39, 0.29) is 0 Å². The summed E-state index contributed by atoms with van der Waals surface area (Å²) in [6.45, 7) is 1.46. The van der Waals surface area contributed by atoms with E-state index >= 15 is 0 Å². The fraction of sp³-hybridized carbons (Fsp3) is 0.286. The molecule has 1 aromatic heterocycles. The maximum Gasteiger partial charge on any atom is 0.222 e. The Bertz CT molecular complexity index is 513. The highest BCUT2D eigenvalue weighted by atomic mass is 35.5. The van der Waals surface area contributed by atoms with Gasteiger partial charge >= 0.3 is 0 Å². The minimum absolute atomic E-state index is 0.653. The Morgan fingerprint density at radius 1 is 1.16 bits per heavy atom. The Kier molecular flexibility index (Phi) is 5.12. The van der Waals surface area contributed by atoms with Crippen molar-refractivity contribution < 1.29 is 0 Å². The number of hydrogen-bond acceptors (Lipinski definition) is 4. The van der Waals surface area contributed by atoms with E-state index in [1.807, 2.05) is 30.3 Å². The molecule has 0 aliphatic rings. The lowest BCUT2D eigenvalue weighted by Gasteiger charge is -2.06. The SMILES string of the molecule is NCCCNc1nccc(Cc2ccc(Cl)cc2)n1. The van der Waals surface area contributed by atoms with Gasteiger partial charge in [-0.05, 0) is 36.7 Å². The molecular formula is C14H17ClN4. The highest BCUT2D eigenvalue weighted by molar-refractivity contribution is 6.30. The summed E-state index contributed by atoms with van der Waals surface area (Å²) in [5, 5.41) is 3.90. The molecule has 0 aliphatic carbocycles. The summed E-state index contributed by atoms with van der Waals surface area (Å²) >= 11 is 5.86. The Hall–Kier alpha value is -1.65. The van der Waals surface area contributed by atoms with Crippen LogP contribution in [0, 0.1) is 0 Å². The van der Waals surface area contributed by atoms with Gasteiger partial charge in [0.25, 0.3) is 0 Å². The average molecular weight is 277 g/mol. The number of rotatable bonds is 6. The Labute approximate surface area is 118 Å². The molecule has 0 amide bonds. The van der Waals surface area contributed by atoms with Crippen LogP contribution < -0.4 is 11.1 Å². The minimum atomic E-state index is 0.653. The van der Waals surface area contributed by atoms with Gasteiger partial charge in [0.15, 0.2) is 0 Å². The van der Waals surface area contributed by atoms with Crippen molar-refractivity contribution in [3.8, 4) is 0 Å². The van der Waals surface area contributed by atoms with Crippen molar-refractivity contribution in [3.05, 3.63) is 52.8 Å². The van der Waals surface area contributed by atoms with E-state index in [2.05, 4.69) is 15.3 Å². The molecule has 0 unspecified atom stereocenters. The molecule has 0 bridgehead atoms. The Balaban J connectivity index is 2.00. The van der Waals surface area contributed by atoms with E-state index in [4.69, 9.17) is 17.3 Å². The van der Waals surface area contributed by atoms with Gasteiger partial charge in [-0.25, -0.2) is 9.97 Å². The van der Waals surface area contributed by atoms with Crippen molar-refractivity contribution in [1.29, 1.82) is 0 Å². The van der Waals surface area contributed by atoms with Crippen LogP contribution in [-0.2, 0) is 6.42 Å². The third-order valence-corrected chi connectivity index (χ3v) is 2.93. The van der Waals surface area contributed by atoms with Crippen molar-refractivity contribution >= 4 is 17.5 Å². The molecule has 0 aliphatic heterocycles. The van der Waals surface area contributed by atoms with E-state index in [1.165, 1.54) is 5.56 Å². The largest absolute Gasteiger partial charge is 0.354 e. The van der Waals surface area contributed by atoms with Gasteiger partial charge in [0.2, 0.25) is 5.95 Å². The molecule has 4 nitrogen and oxygen atoms in total. The number of hydrogen-bond donors (Lipinski definition) is 2. The van der Waals surface area contributed by atoms with Crippen LogP contribution in [0.1, 0.15) is 17.7 Å². The summed E-state index contributed by atoms with van der Waals surface area (Å²) in [7, 11) is 0. The number of halogens is 1. The molecule has 0 atom stereocenters. The Morgan fingerprint density at radius 2 is 1.95 bits per heavy atom. The first-order valence-corrected chi connectivity index (χ1v) is 6.66. The molecule has 0 saturated heterocycles. The molecular weight excluding hydrogens is 260 g/mol. The van der Waals surface area contributed by atoms with Crippen LogP contribution in [0.15, 0.2) is 36.5 Å². The molecule has 5 heteroatoms. The molecule has 19 heavy (non-hydrogen) atoms. The lowest BCUT2D eigenvalue weighted by molar-refractivity contribution is 0.860. The van der Waals surface area contributed by atoms with Gasteiger partial charge < -0.3 is 11.1 Å². The number of nitrogens with one attached hydrogen (secondary N) is 1. The standard InChI is InChI=1S/C14H17ClN4/c15-12-4-2-11(3-5-12)10-13-6-9-18-14(19-13)17-8-1-7-16/h2-6,9H,1,7-8,10,16H2,(H,17,18,19). The van der Waals surface area contributed by atoms with E-state index in [9.17, 15) is 0 Å². The molecule has 0 fully saturated rings. The summed E-state index contributed by atoms with van der Waals surface area (Å²) in [5.41, 5.74) is 7.60. The predicted octanol–water partition coefficient (Wildman–Crippen LogP) is 2.48. The summed E-state index contributed by atoms with van der Waals surface area (Å²) in [4.78, 5) is 8.65. The zero-order chi connectivity index (χ0) is 13.5. The summed E-state index contributed by atoms with van der Waals surface area (Å²) in [5.74, 6) is 0.653. The zero-order valence-electron chi connectivity index (χ0n) is 10.6. The van der Waals surface area contributed by atoms with Gasteiger partial charge in [-0.1, -0.05) is 23.7 Å². The lowest BCUT2D eigenvalue weighted by atomic mass is 10.1. The molecule has 0 spiro atoms. The molecule has 3 N–H and O–H groups in total. The molecule has 1 heterocycles. The van der Waals surface area contributed by atoms with Crippen LogP contribution in [0.2, 0.25) is 5.02 Å². The maximum absolute atomic E-state index is 5.86. The van der Waals surface area contributed by atoms with Crippen LogP contribution in [-0.4, -0.2) is 23.1 Å². The fourth-order valence-corrected chi connectivity index (χ4v) is 1.82. The molecule has 1 aromatic carbocycles. The normalized spacial score (nSPS) is 10.4. The van der Waals surface area contributed by atoms with Crippen LogP contribution in [0.4, 0.5) is 5.95 Å². The number of benzene rings is 1. The highest BCUT2D eigenvalue weighted by Gasteiger charge is 2.01. The average Bonchev–Trinajstić information content (AvgIpc) is 2.42. The van der Waals surface area contributed by atoms with Crippen molar-refractivity contribution in [2.45, 2.75) is 12.8 Å². The monoisotopic (exact) mass is 276 g/mol. The van der Waals surface area contributed by atoms with E-state index < -0.39 is 0 Å². The van der Waals surface area contributed by atoms with Crippen LogP contribution >= 0.6 is 11.6 Å². The smallest absolute Gasteiger partial charge is 0.222 e. The molecule has 100 valence electrons. The first kappa shape index (κ1) is 13.8. The van der Waals surface area contributed by atoms with Crippen molar-refractivity contribution in [2.24, 2.45) is 5.73 Å². The third kappa shape index (κ3) is 4.50. The lowest BCUT2D eigenvalue weighted by Crippen LogP contribution is -2.11.